The molecule has 2 heterocycles. The van der Waals surface area contributed by atoms with Gasteiger partial charge in [-0.1, -0.05) is 6.42 Å². The fourth-order valence-electron chi connectivity index (χ4n) is 1.86. The van der Waals surface area contributed by atoms with Gasteiger partial charge in [-0.05, 0) is 24.7 Å². The summed E-state index contributed by atoms with van der Waals surface area (Å²) in [5.41, 5.74) is 0. The van der Waals surface area contributed by atoms with Crippen molar-refractivity contribution < 1.29 is 0 Å². The van der Waals surface area contributed by atoms with E-state index in [0.29, 0.717) is 0 Å². The molecular formula is C11H19N3S. The molecule has 3 nitrogen and oxygen atoms in total. The molecule has 0 aliphatic carbocycles. The molecule has 1 aromatic heterocycles. The van der Waals surface area contributed by atoms with Gasteiger partial charge in [0, 0.05) is 30.7 Å². The summed E-state index contributed by atoms with van der Waals surface area (Å²) in [4.78, 5) is 0. The summed E-state index contributed by atoms with van der Waals surface area (Å²) in [5.74, 6) is 1.35. The van der Waals surface area contributed by atoms with Gasteiger partial charge in [0.1, 0.15) is 0 Å². The van der Waals surface area contributed by atoms with Crippen molar-refractivity contribution in [2.24, 2.45) is 0 Å². The van der Waals surface area contributed by atoms with Crippen LogP contribution in [0.4, 0.5) is 0 Å². The summed E-state index contributed by atoms with van der Waals surface area (Å²) in [6.45, 7) is 3.16. The first kappa shape index (κ1) is 11.0. The van der Waals surface area contributed by atoms with Crippen molar-refractivity contribution in [1.29, 1.82) is 0 Å². The molecule has 0 saturated carbocycles. The molecule has 0 amide bonds. The third-order valence-electron chi connectivity index (χ3n) is 2.72. The van der Waals surface area contributed by atoms with E-state index in [1.54, 1.807) is 0 Å². The Morgan fingerprint density at radius 1 is 1.47 bits per heavy atom. The van der Waals surface area contributed by atoms with Crippen LogP contribution in [0, 0.1) is 0 Å². The molecule has 1 N–H and O–H groups in total. The minimum atomic E-state index is 0.844. The lowest BCUT2D eigenvalue weighted by molar-refractivity contribution is 0.536. The number of rotatable bonds is 5. The minimum absolute atomic E-state index is 0.844. The normalized spacial score (nSPS) is 21.7. The van der Waals surface area contributed by atoms with Crippen LogP contribution < -0.4 is 5.32 Å². The Kier molecular flexibility index (Phi) is 4.54. The molecule has 15 heavy (non-hydrogen) atoms. The Labute approximate surface area is 95.6 Å². The summed E-state index contributed by atoms with van der Waals surface area (Å²) in [6, 6.07) is 1.97. The first-order chi connectivity index (χ1) is 7.45. The lowest BCUT2D eigenvalue weighted by Gasteiger charge is -2.21. The Hall–Kier alpha value is -0.480. The summed E-state index contributed by atoms with van der Waals surface area (Å²) in [5, 5.41) is 8.53. The summed E-state index contributed by atoms with van der Waals surface area (Å²) in [7, 11) is 0. The molecular weight excluding hydrogens is 206 g/mol. The van der Waals surface area contributed by atoms with Crippen LogP contribution in [-0.4, -0.2) is 33.9 Å². The number of nitrogens with zero attached hydrogens (tertiary/aromatic N) is 2. The SMILES string of the molecule is c1cnn(CCNCC2CCCCS2)c1. The van der Waals surface area contributed by atoms with Gasteiger partial charge in [-0.25, -0.2) is 0 Å². The Balaban J connectivity index is 1.54. The molecule has 1 atom stereocenters. The summed E-state index contributed by atoms with van der Waals surface area (Å²) < 4.78 is 1.97. The molecule has 4 heteroatoms. The second-order valence-electron chi connectivity index (χ2n) is 3.96. The van der Waals surface area contributed by atoms with E-state index in [2.05, 4.69) is 22.2 Å². The second-order valence-corrected chi connectivity index (χ2v) is 5.37. The van der Waals surface area contributed by atoms with E-state index in [0.717, 1.165) is 24.9 Å². The predicted molar refractivity (Wildman–Crippen MR) is 65.2 cm³/mol. The first-order valence-corrected chi connectivity index (χ1v) is 6.80. The molecule has 1 aromatic rings. The Morgan fingerprint density at radius 3 is 3.20 bits per heavy atom. The lowest BCUT2D eigenvalue weighted by atomic mass is 10.2. The van der Waals surface area contributed by atoms with Gasteiger partial charge >= 0.3 is 0 Å². The second kappa shape index (κ2) is 6.18. The van der Waals surface area contributed by atoms with Gasteiger partial charge in [-0.3, -0.25) is 4.68 Å². The molecule has 1 fully saturated rings. The molecule has 0 bridgehead atoms. The van der Waals surface area contributed by atoms with Crippen molar-refractivity contribution in [2.45, 2.75) is 31.1 Å². The van der Waals surface area contributed by atoms with Crippen molar-refractivity contribution in [3.05, 3.63) is 18.5 Å². The standard InChI is InChI=1S/C11H19N3S/c1-2-9-15-11(4-1)10-12-6-8-14-7-3-5-13-14/h3,5,7,11-12H,1-2,4,6,8-10H2. The molecule has 1 aliphatic rings. The van der Waals surface area contributed by atoms with E-state index in [4.69, 9.17) is 0 Å². The quantitative estimate of drug-likeness (QED) is 0.774. The Bertz CT molecular complexity index is 255. The molecule has 1 aliphatic heterocycles. The van der Waals surface area contributed by atoms with Crippen molar-refractivity contribution in [3.8, 4) is 0 Å². The number of thioether (sulfide) groups is 1. The van der Waals surface area contributed by atoms with Crippen LogP contribution in [0.5, 0.6) is 0 Å². The zero-order valence-corrected chi connectivity index (χ0v) is 9.88. The van der Waals surface area contributed by atoms with Crippen LogP contribution >= 0.6 is 11.8 Å². The maximum atomic E-state index is 4.17. The van der Waals surface area contributed by atoms with E-state index in [1.807, 2.05) is 23.1 Å². The van der Waals surface area contributed by atoms with Crippen molar-refractivity contribution in [1.82, 2.24) is 15.1 Å². The van der Waals surface area contributed by atoms with Crippen molar-refractivity contribution in [3.63, 3.8) is 0 Å². The molecule has 0 radical (unpaired) electrons. The topological polar surface area (TPSA) is 29.9 Å². The van der Waals surface area contributed by atoms with E-state index >= 15 is 0 Å². The number of hydrogen-bond acceptors (Lipinski definition) is 3. The maximum Gasteiger partial charge on any atom is 0.0533 e. The highest BCUT2D eigenvalue weighted by molar-refractivity contribution is 7.99. The summed E-state index contributed by atoms with van der Waals surface area (Å²) in [6.07, 6.45) is 8.06. The van der Waals surface area contributed by atoms with E-state index in [-0.39, 0.29) is 0 Å². The van der Waals surface area contributed by atoms with E-state index < -0.39 is 0 Å². The van der Waals surface area contributed by atoms with Gasteiger partial charge in [0.05, 0.1) is 6.54 Å². The van der Waals surface area contributed by atoms with Crippen LogP contribution in [-0.2, 0) is 6.54 Å². The van der Waals surface area contributed by atoms with E-state index in [9.17, 15) is 0 Å². The highest BCUT2D eigenvalue weighted by Gasteiger charge is 2.12. The van der Waals surface area contributed by atoms with Gasteiger partial charge < -0.3 is 5.32 Å². The van der Waals surface area contributed by atoms with Crippen LogP contribution in [0.3, 0.4) is 0 Å². The average Bonchev–Trinajstić information content (AvgIpc) is 2.79. The van der Waals surface area contributed by atoms with Gasteiger partial charge in [-0.15, -0.1) is 0 Å². The fraction of sp³-hybridized carbons (Fsp3) is 0.727. The first-order valence-electron chi connectivity index (χ1n) is 5.75. The lowest BCUT2D eigenvalue weighted by Crippen LogP contribution is -2.29. The van der Waals surface area contributed by atoms with Gasteiger partial charge in [0.15, 0.2) is 0 Å². The highest BCUT2D eigenvalue weighted by Crippen LogP contribution is 2.24. The predicted octanol–water partition coefficient (Wildman–Crippen LogP) is 1.76. The van der Waals surface area contributed by atoms with Gasteiger partial charge in [-0.2, -0.15) is 16.9 Å². The third kappa shape index (κ3) is 3.87. The van der Waals surface area contributed by atoms with Crippen LogP contribution in [0.15, 0.2) is 18.5 Å². The monoisotopic (exact) mass is 225 g/mol. The highest BCUT2D eigenvalue weighted by atomic mass is 32.2. The molecule has 1 unspecified atom stereocenters. The zero-order valence-electron chi connectivity index (χ0n) is 9.06. The Morgan fingerprint density at radius 2 is 2.47 bits per heavy atom. The molecule has 1 saturated heterocycles. The molecule has 0 aromatic carbocycles. The maximum absolute atomic E-state index is 4.17. The van der Waals surface area contributed by atoms with Crippen molar-refractivity contribution in [2.75, 3.05) is 18.8 Å². The minimum Gasteiger partial charge on any atom is -0.314 e. The average molecular weight is 225 g/mol. The van der Waals surface area contributed by atoms with Crippen LogP contribution in [0.25, 0.3) is 0 Å². The summed E-state index contributed by atoms with van der Waals surface area (Å²) >= 11 is 2.13. The smallest absolute Gasteiger partial charge is 0.0533 e. The number of nitrogens with one attached hydrogen (secondary N) is 1. The zero-order chi connectivity index (χ0) is 10.3. The number of hydrogen-bond donors (Lipinski definition) is 1. The van der Waals surface area contributed by atoms with Gasteiger partial charge in [0.2, 0.25) is 0 Å². The molecule has 84 valence electrons. The van der Waals surface area contributed by atoms with Crippen LogP contribution in [0.1, 0.15) is 19.3 Å². The fourth-order valence-corrected chi connectivity index (χ4v) is 3.13. The third-order valence-corrected chi connectivity index (χ3v) is 4.12. The van der Waals surface area contributed by atoms with Crippen LogP contribution in [0.2, 0.25) is 0 Å². The van der Waals surface area contributed by atoms with Gasteiger partial charge in [0.25, 0.3) is 0 Å². The molecule has 2 rings (SSSR count). The van der Waals surface area contributed by atoms with Crippen molar-refractivity contribution >= 4 is 11.8 Å². The molecule has 0 spiro atoms. The van der Waals surface area contributed by atoms with E-state index in [1.165, 1.54) is 25.0 Å². The number of aromatic nitrogens is 2. The largest absolute Gasteiger partial charge is 0.314 e.